The first kappa shape index (κ1) is 13.1. The first-order chi connectivity index (χ1) is 8.15. The Labute approximate surface area is 118 Å². The molecular weight excluding hydrogens is 320 g/mol. The molecule has 90 valence electrons. The highest BCUT2D eigenvalue weighted by atomic mass is 79.9. The van der Waals surface area contributed by atoms with Crippen LogP contribution in [0.4, 0.5) is 0 Å². The zero-order valence-corrected chi connectivity index (χ0v) is 12.4. The van der Waals surface area contributed by atoms with Gasteiger partial charge in [0.25, 0.3) is 0 Å². The Balaban J connectivity index is 2.50. The Bertz CT molecular complexity index is 527. The monoisotopic (exact) mass is 330 g/mol. The molecule has 2 nitrogen and oxygen atoms in total. The number of thiophene rings is 1. The Kier molecular flexibility index (Phi) is 4.22. The minimum absolute atomic E-state index is 0.0694. The summed E-state index contributed by atoms with van der Waals surface area (Å²) in [6.07, 6.45) is 0. The number of hydrogen-bond donors (Lipinski definition) is 2. The molecule has 0 aliphatic heterocycles. The topological polar surface area (TPSA) is 38.0 Å². The van der Waals surface area contributed by atoms with Crippen LogP contribution in [-0.2, 0) is 0 Å². The Morgan fingerprint density at radius 1 is 1.41 bits per heavy atom. The van der Waals surface area contributed by atoms with Gasteiger partial charge in [0.05, 0.1) is 11.1 Å². The predicted molar refractivity (Wildman–Crippen MR) is 77.4 cm³/mol. The third-order valence-corrected chi connectivity index (χ3v) is 4.98. The van der Waals surface area contributed by atoms with Gasteiger partial charge in [-0.1, -0.05) is 39.7 Å². The molecule has 1 heterocycles. The normalized spacial score (nSPS) is 12.7. The second-order valence-corrected chi connectivity index (χ2v) is 5.90. The van der Waals surface area contributed by atoms with Gasteiger partial charge in [-0.15, -0.1) is 11.3 Å². The van der Waals surface area contributed by atoms with Crippen LogP contribution in [0.3, 0.4) is 0 Å². The van der Waals surface area contributed by atoms with E-state index >= 15 is 0 Å². The van der Waals surface area contributed by atoms with Crippen molar-refractivity contribution in [3.63, 3.8) is 0 Å². The zero-order chi connectivity index (χ0) is 12.4. The fraction of sp³-hybridized carbons (Fsp3) is 0.167. The van der Waals surface area contributed by atoms with Gasteiger partial charge in [0, 0.05) is 9.35 Å². The van der Waals surface area contributed by atoms with Gasteiger partial charge in [0.1, 0.15) is 0 Å². The van der Waals surface area contributed by atoms with E-state index in [9.17, 15) is 0 Å². The van der Waals surface area contributed by atoms with E-state index in [-0.39, 0.29) is 6.04 Å². The summed E-state index contributed by atoms with van der Waals surface area (Å²) in [7, 11) is 0. The quantitative estimate of drug-likeness (QED) is 0.658. The van der Waals surface area contributed by atoms with E-state index in [1.54, 1.807) is 11.3 Å². The molecule has 0 saturated carbocycles. The van der Waals surface area contributed by atoms with Crippen molar-refractivity contribution in [2.45, 2.75) is 13.0 Å². The van der Waals surface area contributed by atoms with Crippen LogP contribution in [0, 0.1) is 6.92 Å². The number of halogens is 2. The summed E-state index contributed by atoms with van der Waals surface area (Å²) >= 11 is 11.3. The fourth-order valence-corrected chi connectivity index (χ4v) is 3.38. The SMILES string of the molecule is Cc1c(Br)cccc1C(NN)c1sccc1Cl. The minimum atomic E-state index is -0.0694. The third kappa shape index (κ3) is 2.56. The van der Waals surface area contributed by atoms with Crippen LogP contribution in [0.5, 0.6) is 0 Å². The van der Waals surface area contributed by atoms with E-state index in [1.807, 2.05) is 23.6 Å². The Hall–Kier alpha value is -0.390. The van der Waals surface area contributed by atoms with E-state index in [0.29, 0.717) is 0 Å². The average Bonchev–Trinajstić information content (AvgIpc) is 2.72. The molecule has 1 aromatic carbocycles. The van der Waals surface area contributed by atoms with Crippen LogP contribution in [-0.4, -0.2) is 0 Å². The van der Waals surface area contributed by atoms with Crippen molar-refractivity contribution in [1.82, 2.24) is 5.43 Å². The molecule has 0 amide bonds. The van der Waals surface area contributed by atoms with Crippen LogP contribution >= 0.6 is 38.9 Å². The molecule has 1 unspecified atom stereocenters. The average molecular weight is 332 g/mol. The van der Waals surface area contributed by atoms with Crippen molar-refractivity contribution in [3.8, 4) is 0 Å². The predicted octanol–water partition coefficient (Wildman–Crippen LogP) is 4.03. The maximum atomic E-state index is 6.16. The van der Waals surface area contributed by atoms with Crippen molar-refractivity contribution in [2.24, 2.45) is 5.84 Å². The van der Waals surface area contributed by atoms with E-state index < -0.39 is 0 Å². The summed E-state index contributed by atoms with van der Waals surface area (Å²) in [6, 6.07) is 7.89. The molecule has 1 aromatic heterocycles. The highest BCUT2D eigenvalue weighted by Crippen LogP contribution is 2.35. The molecule has 0 bridgehead atoms. The lowest BCUT2D eigenvalue weighted by atomic mass is 10.0. The molecule has 2 rings (SSSR count). The molecule has 0 aliphatic carbocycles. The molecule has 2 aromatic rings. The van der Waals surface area contributed by atoms with Crippen LogP contribution in [0.2, 0.25) is 5.02 Å². The Morgan fingerprint density at radius 3 is 2.76 bits per heavy atom. The van der Waals surface area contributed by atoms with Gasteiger partial charge in [-0.25, -0.2) is 5.43 Å². The summed E-state index contributed by atoms with van der Waals surface area (Å²) in [5.74, 6) is 5.67. The summed E-state index contributed by atoms with van der Waals surface area (Å²) in [6.45, 7) is 2.06. The highest BCUT2D eigenvalue weighted by molar-refractivity contribution is 9.10. The third-order valence-electron chi connectivity index (χ3n) is 2.69. The lowest BCUT2D eigenvalue weighted by molar-refractivity contribution is 0.643. The van der Waals surface area contributed by atoms with Crippen LogP contribution in [0.25, 0.3) is 0 Å². The van der Waals surface area contributed by atoms with Crippen molar-refractivity contribution < 1.29 is 0 Å². The molecule has 17 heavy (non-hydrogen) atoms. The minimum Gasteiger partial charge on any atom is -0.271 e. The van der Waals surface area contributed by atoms with Crippen molar-refractivity contribution in [1.29, 1.82) is 0 Å². The van der Waals surface area contributed by atoms with E-state index in [4.69, 9.17) is 17.4 Å². The molecule has 0 fully saturated rings. The van der Waals surface area contributed by atoms with Gasteiger partial charge in [-0.05, 0) is 35.6 Å². The summed E-state index contributed by atoms with van der Waals surface area (Å²) in [5, 5.41) is 2.72. The molecule has 5 heteroatoms. The van der Waals surface area contributed by atoms with Gasteiger partial charge >= 0.3 is 0 Å². The zero-order valence-electron chi connectivity index (χ0n) is 9.21. The number of benzene rings is 1. The second kappa shape index (κ2) is 5.50. The summed E-state index contributed by atoms with van der Waals surface area (Å²) in [4.78, 5) is 1.04. The van der Waals surface area contributed by atoms with Gasteiger partial charge in [0.2, 0.25) is 0 Å². The molecule has 3 N–H and O–H groups in total. The lowest BCUT2D eigenvalue weighted by Gasteiger charge is -2.18. The molecule has 0 spiro atoms. The van der Waals surface area contributed by atoms with Crippen LogP contribution in [0.1, 0.15) is 22.0 Å². The maximum Gasteiger partial charge on any atom is 0.0820 e. The van der Waals surface area contributed by atoms with Gasteiger partial charge in [0.15, 0.2) is 0 Å². The van der Waals surface area contributed by atoms with Gasteiger partial charge in [-0.2, -0.15) is 0 Å². The number of hydrazine groups is 1. The molecule has 0 aliphatic rings. The number of hydrogen-bond acceptors (Lipinski definition) is 3. The number of nitrogens with two attached hydrogens (primary N) is 1. The number of rotatable bonds is 3. The second-order valence-electron chi connectivity index (χ2n) is 3.69. The first-order valence-corrected chi connectivity index (χ1v) is 7.14. The Morgan fingerprint density at radius 2 is 2.18 bits per heavy atom. The first-order valence-electron chi connectivity index (χ1n) is 5.09. The van der Waals surface area contributed by atoms with Crippen molar-refractivity contribution >= 4 is 38.9 Å². The van der Waals surface area contributed by atoms with Crippen molar-refractivity contribution in [2.75, 3.05) is 0 Å². The van der Waals surface area contributed by atoms with E-state index in [1.165, 1.54) is 5.56 Å². The standard InChI is InChI=1S/C12H12BrClN2S/c1-7-8(3-2-4-9(7)13)11(16-15)12-10(14)5-6-17-12/h2-6,11,16H,15H2,1H3. The molecular formula is C12H12BrClN2S. The lowest BCUT2D eigenvalue weighted by Crippen LogP contribution is -2.29. The summed E-state index contributed by atoms with van der Waals surface area (Å²) in [5.41, 5.74) is 5.13. The number of nitrogens with one attached hydrogen (secondary N) is 1. The smallest absolute Gasteiger partial charge is 0.0820 e. The maximum absolute atomic E-state index is 6.16. The molecule has 0 saturated heterocycles. The van der Waals surface area contributed by atoms with Crippen LogP contribution in [0.15, 0.2) is 34.1 Å². The van der Waals surface area contributed by atoms with Crippen LogP contribution < -0.4 is 11.3 Å². The van der Waals surface area contributed by atoms with Gasteiger partial charge < -0.3 is 0 Å². The highest BCUT2D eigenvalue weighted by Gasteiger charge is 2.19. The van der Waals surface area contributed by atoms with Gasteiger partial charge in [-0.3, -0.25) is 5.84 Å². The fourth-order valence-electron chi connectivity index (χ4n) is 1.76. The largest absolute Gasteiger partial charge is 0.271 e. The van der Waals surface area contributed by atoms with E-state index in [2.05, 4.69) is 34.3 Å². The molecule has 1 atom stereocenters. The summed E-state index contributed by atoms with van der Waals surface area (Å²) < 4.78 is 1.07. The molecule has 0 radical (unpaired) electrons. The van der Waals surface area contributed by atoms with Crippen molar-refractivity contribution in [3.05, 3.63) is 55.1 Å². The van der Waals surface area contributed by atoms with E-state index in [0.717, 1.165) is 19.9 Å².